The fourth-order valence-corrected chi connectivity index (χ4v) is 4.04. The number of nitrogens with one attached hydrogen (secondary N) is 2. The number of aromatic nitrogens is 2. The lowest BCUT2D eigenvalue weighted by atomic mass is 9.98. The molecule has 1 aliphatic rings. The summed E-state index contributed by atoms with van der Waals surface area (Å²) in [7, 11) is 0. The van der Waals surface area contributed by atoms with Gasteiger partial charge in [0.25, 0.3) is 5.91 Å². The summed E-state index contributed by atoms with van der Waals surface area (Å²) in [6, 6.07) is 14.8. The van der Waals surface area contributed by atoms with Crippen molar-refractivity contribution in [2.75, 3.05) is 11.9 Å². The number of anilines is 1. The van der Waals surface area contributed by atoms with E-state index in [4.69, 9.17) is 4.74 Å². The molecule has 0 spiro atoms. The van der Waals surface area contributed by atoms with E-state index in [0.29, 0.717) is 6.42 Å². The lowest BCUT2D eigenvalue weighted by molar-refractivity contribution is -0.139. The van der Waals surface area contributed by atoms with Crippen LogP contribution in [-0.4, -0.2) is 46.0 Å². The smallest absolute Gasteiger partial charge is 0.412 e. The lowest BCUT2D eigenvalue weighted by Gasteiger charge is -2.14. The van der Waals surface area contributed by atoms with E-state index in [9.17, 15) is 19.5 Å². The van der Waals surface area contributed by atoms with Crippen molar-refractivity contribution in [3.63, 3.8) is 0 Å². The van der Waals surface area contributed by atoms with E-state index < -0.39 is 24.0 Å². The second kappa shape index (κ2) is 10.2. The molecule has 0 bridgehead atoms. The molecule has 1 aliphatic carbocycles. The summed E-state index contributed by atoms with van der Waals surface area (Å²) in [5.41, 5.74) is 3.99. The number of benzene rings is 2. The first-order valence-corrected chi connectivity index (χ1v) is 11.0. The second-order valence-electron chi connectivity index (χ2n) is 7.92. The van der Waals surface area contributed by atoms with Gasteiger partial charge in [-0.05, 0) is 39.0 Å². The minimum Gasteiger partial charge on any atom is -0.480 e. The Balaban J connectivity index is 1.40. The molecule has 34 heavy (non-hydrogen) atoms. The SMILES string of the molecule is CCCC[C@H](NC(=O)c1nonc1NC(=O)OCC1c2ccccc2-c2ccccc21)C(=O)O. The molecular weight excluding hydrogens is 440 g/mol. The highest BCUT2D eigenvalue weighted by Crippen LogP contribution is 2.44. The van der Waals surface area contributed by atoms with Gasteiger partial charge in [0.05, 0.1) is 0 Å². The quantitative estimate of drug-likeness (QED) is 0.434. The highest BCUT2D eigenvalue weighted by Gasteiger charge is 2.30. The Bertz CT molecular complexity index is 1160. The third-order valence-corrected chi connectivity index (χ3v) is 5.72. The van der Waals surface area contributed by atoms with Crippen LogP contribution < -0.4 is 10.6 Å². The number of unbranched alkanes of at least 4 members (excludes halogenated alkanes) is 1. The number of ether oxygens (including phenoxy) is 1. The predicted octanol–water partition coefficient (Wildman–Crippen LogP) is 3.80. The van der Waals surface area contributed by atoms with Gasteiger partial charge in [-0.25, -0.2) is 14.2 Å². The Hall–Kier alpha value is -4.21. The summed E-state index contributed by atoms with van der Waals surface area (Å²) in [5, 5.41) is 21.1. The summed E-state index contributed by atoms with van der Waals surface area (Å²) < 4.78 is 10.0. The van der Waals surface area contributed by atoms with Gasteiger partial charge in [-0.15, -0.1) is 0 Å². The van der Waals surface area contributed by atoms with Gasteiger partial charge < -0.3 is 15.2 Å². The standard InChI is InChI=1S/C24H24N4O6/c1-2-3-12-19(23(30)31)25-22(29)20-21(28-34-27-20)26-24(32)33-13-18-16-10-6-4-8-14(16)15-9-5-7-11-17(15)18/h4-11,18-19H,2-3,12-13H2,1H3,(H,25,29)(H,30,31)(H,26,28,32)/t19-/m0/s1. The van der Waals surface area contributed by atoms with Crippen molar-refractivity contribution in [3.8, 4) is 11.1 Å². The average molecular weight is 464 g/mol. The molecule has 176 valence electrons. The van der Waals surface area contributed by atoms with Crippen LogP contribution >= 0.6 is 0 Å². The van der Waals surface area contributed by atoms with Gasteiger partial charge in [0, 0.05) is 5.92 Å². The number of carbonyl (C=O) groups excluding carboxylic acids is 2. The van der Waals surface area contributed by atoms with Crippen molar-refractivity contribution in [3.05, 3.63) is 65.4 Å². The van der Waals surface area contributed by atoms with Gasteiger partial charge in [0.2, 0.25) is 11.5 Å². The molecule has 4 rings (SSSR count). The second-order valence-corrected chi connectivity index (χ2v) is 7.92. The average Bonchev–Trinajstić information content (AvgIpc) is 3.42. The van der Waals surface area contributed by atoms with Gasteiger partial charge in [0.15, 0.2) is 0 Å². The van der Waals surface area contributed by atoms with Crippen LogP contribution in [0.3, 0.4) is 0 Å². The largest absolute Gasteiger partial charge is 0.480 e. The van der Waals surface area contributed by atoms with Gasteiger partial charge >= 0.3 is 12.1 Å². The first-order valence-electron chi connectivity index (χ1n) is 11.0. The molecule has 0 fully saturated rings. The van der Waals surface area contributed by atoms with Crippen molar-refractivity contribution >= 4 is 23.8 Å². The number of nitrogens with zero attached hydrogens (tertiary/aromatic N) is 2. The maximum atomic E-state index is 12.5. The lowest BCUT2D eigenvalue weighted by Crippen LogP contribution is -2.41. The number of hydrogen-bond acceptors (Lipinski definition) is 7. The molecule has 3 aromatic rings. The third-order valence-electron chi connectivity index (χ3n) is 5.72. The number of hydrogen-bond donors (Lipinski definition) is 3. The van der Waals surface area contributed by atoms with Gasteiger partial charge in [-0.2, -0.15) is 0 Å². The number of aliphatic carboxylic acids is 1. The van der Waals surface area contributed by atoms with Crippen LogP contribution in [0.15, 0.2) is 53.2 Å². The Morgan fingerprint density at radius 2 is 1.71 bits per heavy atom. The molecule has 0 aliphatic heterocycles. The molecule has 1 aromatic heterocycles. The Kier molecular flexibility index (Phi) is 6.86. The van der Waals surface area contributed by atoms with Gasteiger partial charge in [0.1, 0.15) is 12.6 Å². The minimum atomic E-state index is -1.16. The van der Waals surface area contributed by atoms with Crippen molar-refractivity contribution in [2.24, 2.45) is 0 Å². The van der Waals surface area contributed by atoms with E-state index in [1.807, 2.05) is 55.5 Å². The molecular formula is C24H24N4O6. The van der Waals surface area contributed by atoms with Crippen LogP contribution in [0.2, 0.25) is 0 Å². The Morgan fingerprint density at radius 3 is 2.32 bits per heavy atom. The predicted molar refractivity (Wildman–Crippen MR) is 121 cm³/mol. The maximum Gasteiger partial charge on any atom is 0.412 e. The molecule has 1 atom stereocenters. The number of fused-ring (bicyclic) bond motifs is 3. The summed E-state index contributed by atoms with van der Waals surface area (Å²) in [4.78, 5) is 36.4. The minimum absolute atomic E-state index is 0.0742. The van der Waals surface area contributed by atoms with Crippen LogP contribution in [0.1, 0.15) is 53.7 Å². The van der Waals surface area contributed by atoms with E-state index in [-0.39, 0.29) is 30.5 Å². The fraction of sp³-hybridized carbons (Fsp3) is 0.292. The number of carboxylic acid groups (broad SMARTS) is 1. The molecule has 3 N–H and O–H groups in total. The molecule has 0 unspecified atom stereocenters. The van der Waals surface area contributed by atoms with Crippen molar-refractivity contribution in [2.45, 2.75) is 38.1 Å². The molecule has 0 saturated heterocycles. The van der Waals surface area contributed by atoms with Crippen molar-refractivity contribution in [1.29, 1.82) is 0 Å². The van der Waals surface area contributed by atoms with E-state index in [0.717, 1.165) is 28.7 Å². The Labute approximate surface area is 195 Å². The summed E-state index contributed by atoms with van der Waals surface area (Å²) in [6.07, 6.45) is 0.823. The van der Waals surface area contributed by atoms with E-state index in [2.05, 4.69) is 25.6 Å². The van der Waals surface area contributed by atoms with Crippen LogP contribution in [0.25, 0.3) is 11.1 Å². The van der Waals surface area contributed by atoms with Gasteiger partial charge in [-0.3, -0.25) is 10.1 Å². The summed E-state index contributed by atoms with van der Waals surface area (Å²) in [6.45, 7) is 1.99. The van der Waals surface area contributed by atoms with Crippen molar-refractivity contribution < 1.29 is 28.9 Å². The molecule has 10 heteroatoms. The zero-order valence-corrected chi connectivity index (χ0v) is 18.5. The first kappa shape index (κ1) is 23.0. The van der Waals surface area contributed by atoms with E-state index in [1.165, 1.54) is 0 Å². The molecule has 2 aromatic carbocycles. The van der Waals surface area contributed by atoms with E-state index >= 15 is 0 Å². The topological polar surface area (TPSA) is 144 Å². The van der Waals surface area contributed by atoms with Gasteiger partial charge in [-0.1, -0.05) is 68.3 Å². The Morgan fingerprint density at radius 1 is 1.06 bits per heavy atom. The van der Waals surface area contributed by atoms with Crippen LogP contribution in [-0.2, 0) is 9.53 Å². The van der Waals surface area contributed by atoms with Crippen LogP contribution in [0.5, 0.6) is 0 Å². The molecule has 1 heterocycles. The molecule has 10 nitrogen and oxygen atoms in total. The summed E-state index contributed by atoms with van der Waals surface area (Å²) in [5.74, 6) is -2.37. The highest BCUT2D eigenvalue weighted by atomic mass is 16.6. The number of amides is 2. The monoisotopic (exact) mass is 464 g/mol. The number of carboxylic acids is 1. The maximum absolute atomic E-state index is 12.5. The number of carbonyl (C=O) groups is 3. The summed E-state index contributed by atoms with van der Waals surface area (Å²) >= 11 is 0. The molecule has 0 saturated carbocycles. The normalized spacial score (nSPS) is 13.0. The van der Waals surface area contributed by atoms with E-state index in [1.54, 1.807) is 0 Å². The first-order chi connectivity index (χ1) is 16.5. The van der Waals surface area contributed by atoms with Crippen LogP contribution in [0, 0.1) is 0 Å². The number of rotatable bonds is 9. The third kappa shape index (κ3) is 4.75. The van der Waals surface area contributed by atoms with Crippen molar-refractivity contribution in [1.82, 2.24) is 15.6 Å². The highest BCUT2D eigenvalue weighted by molar-refractivity contribution is 6.01. The zero-order chi connectivity index (χ0) is 24.1. The fourth-order valence-electron chi connectivity index (χ4n) is 4.04. The van der Waals surface area contributed by atoms with Crippen LogP contribution in [0.4, 0.5) is 10.6 Å². The molecule has 2 amide bonds. The zero-order valence-electron chi connectivity index (χ0n) is 18.5. The molecule has 0 radical (unpaired) electrons.